The minimum absolute atomic E-state index is 0.149. The van der Waals surface area contributed by atoms with Gasteiger partial charge >= 0.3 is 0 Å². The molecule has 6 heteroatoms. The van der Waals surface area contributed by atoms with Crippen molar-refractivity contribution in [2.75, 3.05) is 4.31 Å². The van der Waals surface area contributed by atoms with Gasteiger partial charge in [0.15, 0.2) is 0 Å². The van der Waals surface area contributed by atoms with Gasteiger partial charge in [0.05, 0.1) is 12.5 Å². The Kier molecular flexibility index (Phi) is 5.50. The van der Waals surface area contributed by atoms with Crippen LogP contribution in [0.15, 0.2) is 83.8 Å². The van der Waals surface area contributed by atoms with Crippen LogP contribution in [-0.4, -0.2) is 11.1 Å². The summed E-state index contributed by atoms with van der Waals surface area (Å²) in [5, 5.41) is 8.95. The molecule has 4 rings (SSSR count). The SMILES string of the molecule is O=C(CC1c2ccccc2SN1c1ccc(OCc2ccccc2)cc1)NO. The minimum atomic E-state index is -0.407. The smallest absolute Gasteiger partial charge is 0.245 e. The van der Waals surface area contributed by atoms with E-state index >= 15 is 0 Å². The summed E-state index contributed by atoms with van der Waals surface area (Å²) in [6.07, 6.45) is 0.173. The first kappa shape index (κ1) is 18.4. The summed E-state index contributed by atoms with van der Waals surface area (Å²) >= 11 is 1.60. The molecule has 0 saturated heterocycles. The van der Waals surface area contributed by atoms with E-state index in [9.17, 15) is 4.79 Å². The highest BCUT2D eigenvalue weighted by atomic mass is 32.2. The van der Waals surface area contributed by atoms with Crippen LogP contribution in [0.5, 0.6) is 5.75 Å². The van der Waals surface area contributed by atoms with Crippen molar-refractivity contribution in [3.05, 3.63) is 90.0 Å². The van der Waals surface area contributed by atoms with Gasteiger partial charge in [-0.2, -0.15) is 0 Å². The molecule has 0 aromatic heterocycles. The lowest BCUT2D eigenvalue weighted by Crippen LogP contribution is -2.26. The number of hydroxylamine groups is 1. The lowest BCUT2D eigenvalue weighted by atomic mass is 10.0. The molecule has 3 aromatic rings. The molecule has 0 fully saturated rings. The molecular formula is C22H20N2O3S. The molecular weight excluding hydrogens is 372 g/mol. The Morgan fingerprint density at radius 2 is 1.71 bits per heavy atom. The van der Waals surface area contributed by atoms with Crippen LogP contribution < -0.4 is 14.5 Å². The molecule has 2 N–H and O–H groups in total. The van der Waals surface area contributed by atoms with Gasteiger partial charge in [0.2, 0.25) is 5.91 Å². The zero-order valence-electron chi connectivity index (χ0n) is 15.1. The van der Waals surface area contributed by atoms with Gasteiger partial charge in [-0.3, -0.25) is 10.0 Å². The van der Waals surface area contributed by atoms with E-state index in [0.717, 1.165) is 27.5 Å². The van der Waals surface area contributed by atoms with E-state index < -0.39 is 5.91 Å². The van der Waals surface area contributed by atoms with Crippen molar-refractivity contribution in [3.8, 4) is 5.75 Å². The Balaban J connectivity index is 1.50. The molecule has 0 spiro atoms. The third-order valence-electron chi connectivity index (χ3n) is 4.60. The first-order chi connectivity index (χ1) is 13.7. The van der Waals surface area contributed by atoms with Crippen molar-refractivity contribution >= 4 is 23.5 Å². The van der Waals surface area contributed by atoms with Crippen molar-refractivity contribution in [3.63, 3.8) is 0 Å². The van der Waals surface area contributed by atoms with Crippen LogP contribution >= 0.6 is 11.9 Å². The number of nitrogens with zero attached hydrogens (tertiary/aromatic N) is 1. The molecule has 1 aliphatic rings. The van der Waals surface area contributed by atoms with Crippen LogP contribution in [0, 0.1) is 0 Å². The van der Waals surface area contributed by atoms with Gasteiger partial charge in [-0.05, 0) is 53.4 Å². The normalized spacial score (nSPS) is 15.2. The maximum Gasteiger partial charge on any atom is 0.245 e. The topological polar surface area (TPSA) is 61.8 Å². The maximum atomic E-state index is 11.8. The van der Waals surface area contributed by atoms with Gasteiger partial charge in [0.1, 0.15) is 12.4 Å². The van der Waals surface area contributed by atoms with Gasteiger partial charge < -0.3 is 9.04 Å². The quantitative estimate of drug-likeness (QED) is 0.361. The van der Waals surface area contributed by atoms with Crippen LogP contribution in [0.4, 0.5) is 5.69 Å². The molecule has 0 radical (unpaired) electrons. The molecule has 5 nitrogen and oxygen atoms in total. The number of hydrogen-bond acceptors (Lipinski definition) is 5. The van der Waals surface area contributed by atoms with E-state index in [1.54, 1.807) is 17.4 Å². The third kappa shape index (κ3) is 3.98. The molecule has 3 aromatic carbocycles. The van der Waals surface area contributed by atoms with Crippen LogP contribution in [0.3, 0.4) is 0 Å². The number of amides is 1. The molecule has 1 amide bonds. The van der Waals surface area contributed by atoms with Crippen molar-refractivity contribution in [2.24, 2.45) is 0 Å². The number of benzene rings is 3. The molecule has 1 atom stereocenters. The number of rotatable bonds is 6. The molecule has 1 heterocycles. The maximum absolute atomic E-state index is 11.8. The van der Waals surface area contributed by atoms with Crippen LogP contribution in [-0.2, 0) is 11.4 Å². The summed E-state index contributed by atoms with van der Waals surface area (Å²) in [6.45, 7) is 0.517. The number of carbonyl (C=O) groups excluding carboxylic acids is 1. The van der Waals surface area contributed by atoms with Gasteiger partial charge in [-0.1, -0.05) is 48.5 Å². The summed E-state index contributed by atoms with van der Waals surface area (Å²) in [6, 6.07) is 25.7. The lowest BCUT2D eigenvalue weighted by molar-refractivity contribution is -0.129. The minimum Gasteiger partial charge on any atom is -0.489 e. The summed E-state index contributed by atoms with van der Waals surface area (Å²) in [5.41, 5.74) is 4.92. The Morgan fingerprint density at radius 1 is 1.00 bits per heavy atom. The highest BCUT2D eigenvalue weighted by Crippen LogP contribution is 2.48. The largest absolute Gasteiger partial charge is 0.489 e. The van der Waals surface area contributed by atoms with Gasteiger partial charge in [-0.15, -0.1) is 0 Å². The second kappa shape index (κ2) is 8.37. The Labute approximate surface area is 168 Å². The first-order valence-electron chi connectivity index (χ1n) is 9.00. The Bertz CT molecular complexity index is 948. The molecule has 0 aliphatic carbocycles. The number of hydrogen-bond donors (Lipinski definition) is 2. The third-order valence-corrected chi connectivity index (χ3v) is 5.83. The summed E-state index contributed by atoms with van der Waals surface area (Å²) < 4.78 is 7.96. The summed E-state index contributed by atoms with van der Waals surface area (Å²) in [4.78, 5) is 12.9. The predicted molar refractivity (Wildman–Crippen MR) is 109 cm³/mol. The average molecular weight is 392 g/mol. The Hall–Kier alpha value is -2.96. The molecule has 1 aliphatic heterocycles. The van der Waals surface area contributed by atoms with Crippen LogP contribution in [0.25, 0.3) is 0 Å². The van der Waals surface area contributed by atoms with Crippen molar-refractivity contribution in [1.29, 1.82) is 0 Å². The van der Waals surface area contributed by atoms with Gasteiger partial charge in [0.25, 0.3) is 0 Å². The monoisotopic (exact) mass is 392 g/mol. The van der Waals surface area contributed by atoms with E-state index in [1.807, 2.05) is 78.9 Å². The fourth-order valence-electron chi connectivity index (χ4n) is 3.21. The highest BCUT2D eigenvalue weighted by molar-refractivity contribution is 8.01. The lowest BCUT2D eigenvalue weighted by Gasteiger charge is -2.25. The molecule has 142 valence electrons. The van der Waals surface area contributed by atoms with E-state index in [-0.39, 0.29) is 12.5 Å². The standard InChI is InChI=1S/C22H20N2O3S/c25-22(23-26)14-20-19-8-4-5-9-21(19)28-24(20)17-10-12-18(13-11-17)27-15-16-6-2-1-3-7-16/h1-13,20,26H,14-15H2,(H,23,25). The highest BCUT2D eigenvalue weighted by Gasteiger charge is 2.33. The van der Waals surface area contributed by atoms with Gasteiger partial charge in [-0.25, -0.2) is 5.48 Å². The molecule has 28 heavy (non-hydrogen) atoms. The van der Waals surface area contributed by atoms with Crippen molar-refractivity contribution in [1.82, 2.24) is 5.48 Å². The second-order valence-electron chi connectivity index (χ2n) is 6.48. The van der Waals surface area contributed by atoms with E-state index in [2.05, 4.69) is 4.31 Å². The number of anilines is 1. The number of carbonyl (C=O) groups is 1. The first-order valence-corrected chi connectivity index (χ1v) is 9.78. The van der Waals surface area contributed by atoms with Crippen LogP contribution in [0.2, 0.25) is 0 Å². The number of fused-ring (bicyclic) bond motifs is 1. The summed E-state index contributed by atoms with van der Waals surface area (Å²) in [5.74, 6) is 0.383. The number of ether oxygens (including phenoxy) is 1. The van der Waals surface area contributed by atoms with E-state index in [4.69, 9.17) is 9.94 Å². The zero-order chi connectivity index (χ0) is 19.3. The van der Waals surface area contributed by atoms with Gasteiger partial charge in [0, 0.05) is 10.6 Å². The fraction of sp³-hybridized carbons (Fsp3) is 0.136. The molecule has 1 unspecified atom stereocenters. The molecule has 0 bridgehead atoms. The Morgan fingerprint density at radius 3 is 2.46 bits per heavy atom. The predicted octanol–water partition coefficient (Wildman–Crippen LogP) is 4.73. The van der Waals surface area contributed by atoms with Crippen molar-refractivity contribution < 1.29 is 14.7 Å². The van der Waals surface area contributed by atoms with E-state index in [1.165, 1.54) is 0 Å². The van der Waals surface area contributed by atoms with Crippen LogP contribution in [0.1, 0.15) is 23.6 Å². The zero-order valence-corrected chi connectivity index (χ0v) is 15.9. The summed E-state index contributed by atoms with van der Waals surface area (Å²) in [7, 11) is 0. The number of nitrogens with one attached hydrogen (secondary N) is 1. The fourth-order valence-corrected chi connectivity index (χ4v) is 4.42. The van der Waals surface area contributed by atoms with E-state index in [0.29, 0.717) is 6.61 Å². The second-order valence-corrected chi connectivity index (χ2v) is 7.49. The van der Waals surface area contributed by atoms with Crippen molar-refractivity contribution in [2.45, 2.75) is 24.0 Å². The molecule has 0 saturated carbocycles. The average Bonchev–Trinajstić information content (AvgIpc) is 3.11.